The van der Waals surface area contributed by atoms with E-state index in [4.69, 9.17) is 0 Å². The third-order valence-corrected chi connectivity index (χ3v) is 8.47. The molecule has 1 aliphatic heterocycles. The fourth-order valence-electron chi connectivity index (χ4n) is 4.69. The van der Waals surface area contributed by atoms with Gasteiger partial charge in [0.25, 0.3) is 0 Å². The number of rotatable bonds is 7. The largest absolute Gasteiger partial charge is 0.339 e. The molecule has 1 heterocycles. The Morgan fingerprint density at radius 1 is 0.941 bits per heavy atom. The molecule has 0 N–H and O–H groups in total. The first-order valence-electron chi connectivity index (χ1n) is 11.8. The van der Waals surface area contributed by atoms with Crippen LogP contribution in [-0.4, -0.2) is 49.7 Å². The maximum atomic E-state index is 13.4. The number of benzene rings is 3. The molecule has 1 aliphatic rings. The van der Waals surface area contributed by atoms with Crippen molar-refractivity contribution in [3.63, 3.8) is 0 Å². The van der Waals surface area contributed by atoms with Gasteiger partial charge in [-0.3, -0.25) is 4.79 Å². The van der Waals surface area contributed by atoms with Gasteiger partial charge in [-0.2, -0.15) is 4.31 Å². The van der Waals surface area contributed by atoms with E-state index in [1.54, 1.807) is 23.4 Å². The van der Waals surface area contributed by atoms with Crippen LogP contribution in [0.3, 0.4) is 0 Å². The predicted molar refractivity (Wildman–Crippen MR) is 138 cm³/mol. The molecule has 0 bridgehead atoms. The SMILES string of the molecule is CC(=O)N(C/C(C)=C/c1ccccc1)CC1CCN(S(=O)(=O)c2cccc3ccccc23)CC1. The summed E-state index contributed by atoms with van der Waals surface area (Å²) in [7, 11) is -3.57. The van der Waals surface area contributed by atoms with Gasteiger partial charge in [0.15, 0.2) is 0 Å². The zero-order chi connectivity index (χ0) is 24.1. The molecule has 4 rings (SSSR count). The van der Waals surface area contributed by atoms with Crippen molar-refractivity contribution >= 4 is 32.8 Å². The molecule has 1 saturated heterocycles. The smallest absolute Gasteiger partial charge is 0.243 e. The predicted octanol–water partition coefficient (Wildman–Crippen LogP) is 5.19. The number of piperidine rings is 1. The number of hydrogen-bond donors (Lipinski definition) is 0. The first-order valence-corrected chi connectivity index (χ1v) is 13.2. The zero-order valence-electron chi connectivity index (χ0n) is 19.9. The van der Waals surface area contributed by atoms with Gasteiger partial charge in [0.05, 0.1) is 4.90 Å². The maximum absolute atomic E-state index is 13.4. The molecule has 0 radical (unpaired) electrons. The van der Waals surface area contributed by atoms with Gasteiger partial charge in [-0.25, -0.2) is 8.42 Å². The number of carbonyl (C=O) groups is 1. The highest BCUT2D eigenvalue weighted by Gasteiger charge is 2.31. The maximum Gasteiger partial charge on any atom is 0.243 e. The highest BCUT2D eigenvalue weighted by Crippen LogP contribution is 2.29. The first-order chi connectivity index (χ1) is 16.3. The van der Waals surface area contributed by atoms with Crippen molar-refractivity contribution < 1.29 is 13.2 Å². The lowest BCUT2D eigenvalue weighted by molar-refractivity contribution is -0.129. The Bertz CT molecular complexity index is 1270. The Labute approximate surface area is 202 Å². The third-order valence-electron chi connectivity index (χ3n) is 6.52. The number of carbonyl (C=O) groups excluding carboxylic acids is 1. The number of sulfonamides is 1. The van der Waals surface area contributed by atoms with Gasteiger partial charge in [-0.1, -0.05) is 78.4 Å². The number of amides is 1. The van der Waals surface area contributed by atoms with Crippen LogP contribution < -0.4 is 0 Å². The highest BCUT2D eigenvalue weighted by atomic mass is 32.2. The van der Waals surface area contributed by atoms with Crippen molar-refractivity contribution in [1.29, 1.82) is 0 Å². The van der Waals surface area contributed by atoms with Crippen LogP contribution in [0.4, 0.5) is 0 Å². The van der Waals surface area contributed by atoms with Crippen molar-refractivity contribution in [3.8, 4) is 0 Å². The molecule has 1 amide bonds. The minimum atomic E-state index is -3.57. The van der Waals surface area contributed by atoms with Gasteiger partial charge in [0, 0.05) is 38.5 Å². The van der Waals surface area contributed by atoms with Gasteiger partial charge in [-0.05, 0) is 42.7 Å². The molecule has 0 aromatic heterocycles. The normalized spacial score (nSPS) is 16.0. The second-order valence-corrected chi connectivity index (χ2v) is 11.0. The van der Waals surface area contributed by atoms with Crippen LogP contribution in [0.2, 0.25) is 0 Å². The van der Waals surface area contributed by atoms with Crippen molar-refractivity contribution in [2.24, 2.45) is 5.92 Å². The lowest BCUT2D eigenvalue weighted by Gasteiger charge is -2.34. The molecule has 3 aromatic rings. The van der Waals surface area contributed by atoms with E-state index in [1.165, 1.54) is 0 Å². The molecular weight excluding hydrogens is 444 g/mol. The van der Waals surface area contributed by atoms with Crippen molar-refractivity contribution in [2.45, 2.75) is 31.6 Å². The third kappa shape index (κ3) is 5.57. The van der Waals surface area contributed by atoms with Crippen LogP contribution in [0.15, 0.2) is 83.3 Å². The first kappa shape index (κ1) is 24.2. The molecule has 34 heavy (non-hydrogen) atoms. The summed E-state index contributed by atoms with van der Waals surface area (Å²) in [5, 5.41) is 1.69. The zero-order valence-corrected chi connectivity index (χ0v) is 20.7. The lowest BCUT2D eigenvalue weighted by Crippen LogP contribution is -2.42. The van der Waals surface area contributed by atoms with Crippen LogP contribution in [0.5, 0.6) is 0 Å². The van der Waals surface area contributed by atoms with Crippen LogP contribution in [0.25, 0.3) is 16.8 Å². The topological polar surface area (TPSA) is 57.7 Å². The standard InChI is InChI=1S/C28H32N2O3S/c1-22(19-24-9-4-3-5-10-24)20-29(23(2)31)21-25-15-17-30(18-16-25)34(32,33)28-14-8-12-26-11-6-7-13-27(26)28/h3-14,19,25H,15-18,20-21H2,1-2H3/b22-19+. The minimum Gasteiger partial charge on any atom is -0.339 e. The molecule has 6 heteroatoms. The Morgan fingerprint density at radius 3 is 2.29 bits per heavy atom. The highest BCUT2D eigenvalue weighted by molar-refractivity contribution is 7.89. The van der Waals surface area contributed by atoms with Crippen LogP contribution in [0.1, 0.15) is 32.3 Å². The van der Waals surface area contributed by atoms with Gasteiger partial charge < -0.3 is 4.90 Å². The van der Waals surface area contributed by atoms with Crippen molar-refractivity contribution in [2.75, 3.05) is 26.2 Å². The average Bonchev–Trinajstić information content (AvgIpc) is 2.84. The van der Waals surface area contributed by atoms with E-state index in [9.17, 15) is 13.2 Å². The second kappa shape index (κ2) is 10.5. The summed E-state index contributed by atoms with van der Waals surface area (Å²) in [5.74, 6) is 0.332. The van der Waals surface area contributed by atoms with E-state index in [0.29, 0.717) is 31.1 Å². The summed E-state index contributed by atoms with van der Waals surface area (Å²) in [6.07, 6.45) is 3.60. The van der Waals surface area contributed by atoms with Crippen LogP contribution in [0, 0.1) is 5.92 Å². The second-order valence-electron chi connectivity index (χ2n) is 9.13. The summed E-state index contributed by atoms with van der Waals surface area (Å²) >= 11 is 0. The molecule has 5 nitrogen and oxygen atoms in total. The molecule has 0 saturated carbocycles. The molecule has 0 atom stereocenters. The Balaban J connectivity index is 1.40. The van der Waals surface area contributed by atoms with Gasteiger partial charge in [0.1, 0.15) is 0 Å². The van der Waals surface area contributed by atoms with Crippen molar-refractivity contribution in [1.82, 2.24) is 9.21 Å². The Kier molecular flexibility index (Phi) is 7.49. The summed E-state index contributed by atoms with van der Waals surface area (Å²) < 4.78 is 28.4. The average molecular weight is 477 g/mol. The molecule has 178 valence electrons. The van der Waals surface area contributed by atoms with Crippen molar-refractivity contribution in [3.05, 3.63) is 83.9 Å². The summed E-state index contributed by atoms with van der Waals surface area (Å²) in [5.41, 5.74) is 2.24. The van der Waals surface area contributed by atoms with Gasteiger partial charge in [-0.15, -0.1) is 0 Å². The summed E-state index contributed by atoms with van der Waals surface area (Å²) in [4.78, 5) is 14.6. The summed E-state index contributed by atoms with van der Waals surface area (Å²) in [6.45, 7) is 5.83. The molecule has 0 aliphatic carbocycles. The number of fused-ring (bicyclic) bond motifs is 1. The van der Waals surface area contributed by atoms with E-state index in [0.717, 1.165) is 34.8 Å². The minimum absolute atomic E-state index is 0.0478. The van der Waals surface area contributed by atoms with Gasteiger partial charge in [0.2, 0.25) is 15.9 Å². The van der Waals surface area contributed by atoms with E-state index >= 15 is 0 Å². The van der Waals surface area contributed by atoms with Crippen LogP contribution in [-0.2, 0) is 14.8 Å². The fourth-order valence-corrected chi connectivity index (χ4v) is 6.37. The number of nitrogens with zero attached hydrogens (tertiary/aromatic N) is 2. The van der Waals surface area contributed by atoms with Gasteiger partial charge >= 0.3 is 0 Å². The molecular formula is C28H32N2O3S. The molecule has 0 unspecified atom stereocenters. The quantitative estimate of drug-likeness (QED) is 0.471. The monoisotopic (exact) mass is 476 g/mol. The molecule has 1 fully saturated rings. The molecule has 3 aromatic carbocycles. The van der Waals surface area contributed by atoms with E-state index in [-0.39, 0.29) is 11.8 Å². The lowest BCUT2D eigenvalue weighted by atomic mass is 9.97. The van der Waals surface area contributed by atoms with Crippen LogP contribution >= 0.6 is 0 Å². The molecule has 0 spiro atoms. The number of hydrogen-bond acceptors (Lipinski definition) is 3. The fraction of sp³-hybridized carbons (Fsp3) is 0.321. The Hall–Kier alpha value is -2.96. The van der Waals surface area contributed by atoms with E-state index in [1.807, 2.05) is 72.5 Å². The van der Waals surface area contributed by atoms with E-state index in [2.05, 4.69) is 6.08 Å². The summed E-state index contributed by atoms with van der Waals surface area (Å²) in [6, 6.07) is 23.1. The van der Waals surface area contributed by atoms with E-state index < -0.39 is 10.0 Å². The Morgan fingerprint density at radius 2 is 1.59 bits per heavy atom.